The molecule has 5 nitrogen and oxygen atoms in total. The number of hydrogen-bond acceptors (Lipinski definition) is 4. The van der Waals surface area contributed by atoms with Crippen LogP contribution in [0.2, 0.25) is 0 Å². The average Bonchev–Trinajstić information content (AvgIpc) is 2.58. The third-order valence-corrected chi connectivity index (χ3v) is 4.35. The van der Waals surface area contributed by atoms with Crippen LogP contribution >= 0.6 is 0 Å². The number of nitrogens with zero attached hydrogens (tertiary/aromatic N) is 1. The Morgan fingerprint density at radius 2 is 2.04 bits per heavy atom. The van der Waals surface area contributed by atoms with Gasteiger partial charge in [-0.25, -0.2) is 0 Å². The Hall–Kier alpha value is -1.85. The van der Waals surface area contributed by atoms with Crippen LogP contribution in [0.3, 0.4) is 0 Å². The number of aromatic amines is 1. The highest BCUT2D eigenvalue weighted by atomic mass is 16.5. The van der Waals surface area contributed by atoms with E-state index in [0.29, 0.717) is 24.5 Å². The molecule has 1 fully saturated rings. The number of rotatable bonds is 5. The summed E-state index contributed by atoms with van der Waals surface area (Å²) in [5.41, 5.74) is 2.74. The molecule has 3 rings (SSSR count). The summed E-state index contributed by atoms with van der Waals surface area (Å²) in [6.45, 7) is 10.7. The molecule has 24 heavy (non-hydrogen) atoms. The predicted octanol–water partition coefficient (Wildman–Crippen LogP) is 2.70. The Bertz CT molecular complexity index is 761. The minimum absolute atomic E-state index is 0.0998. The van der Waals surface area contributed by atoms with Gasteiger partial charge in [0.15, 0.2) is 5.43 Å². The fourth-order valence-corrected chi connectivity index (χ4v) is 2.96. The molecule has 1 aromatic carbocycles. The molecule has 0 bridgehead atoms. The zero-order chi connectivity index (χ0) is 17.1. The van der Waals surface area contributed by atoms with Gasteiger partial charge in [-0.3, -0.25) is 9.69 Å². The summed E-state index contributed by atoms with van der Waals surface area (Å²) in [5.74, 6) is 1.21. The fraction of sp³-hybridized carbons (Fsp3) is 0.526. The van der Waals surface area contributed by atoms with E-state index in [1.807, 2.05) is 25.1 Å². The summed E-state index contributed by atoms with van der Waals surface area (Å²) in [4.78, 5) is 18.6. The number of nitrogens with one attached hydrogen (secondary N) is 1. The molecule has 0 saturated carbocycles. The van der Waals surface area contributed by atoms with Crippen LogP contribution in [0, 0.1) is 12.8 Å². The van der Waals surface area contributed by atoms with Gasteiger partial charge < -0.3 is 14.5 Å². The van der Waals surface area contributed by atoms with Crippen LogP contribution < -0.4 is 10.2 Å². The van der Waals surface area contributed by atoms with Gasteiger partial charge in [0.2, 0.25) is 0 Å². The maximum atomic E-state index is 13.0. The van der Waals surface area contributed by atoms with E-state index < -0.39 is 0 Å². The van der Waals surface area contributed by atoms with E-state index in [1.54, 1.807) is 0 Å². The van der Waals surface area contributed by atoms with E-state index in [0.717, 1.165) is 48.8 Å². The number of hydrogen-bond donors (Lipinski definition) is 1. The Balaban J connectivity index is 1.92. The molecule has 1 aliphatic heterocycles. The highest BCUT2D eigenvalue weighted by Crippen LogP contribution is 2.20. The van der Waals surface area contributed by atoms with Crippen molar-refractivity contribution < 1.29 is 9.47 Å². The molecule has 2 aromatic rings. The summed E-state index contributed by atoms with van der Waals surface area (Å²) in [6, 6.07) is 5.71. The number of morpholine rings is 1. The van der Waals surface area contributed by atoms with Gasteiger partial charge in [0.05, 0.1) is 19.8 Å². The Kier molecular flexibility index (Phi) is 5.21. The van der Waals surface area contributed by atoms with Crippen molar-refractivity contribution in [3.8, 4) is 5.75 Å². The van der Waals surface area contributed by atoms with Crippen molar-refractivity contribution in [1.29, 1.82) is 0 Å². The number of pyridine rings is 1. The van der Waals surface area contributed by atoms with Crippen molar-refractivity contribution in [3.63, 3.8) is 0 Å². The highest BCUT2D eigenvalue weighted by molar-refractivity contribution is 5.81. The number of aryl methyl sites for hydroxylation is 1. The molecule has 1 saturated heterocycles. The van der Waals surface area contributed by atoms with Crippen molar-refractivity contribution in [2.75, 3.05) is 32.9 Å². The van der Waals surface area contributed by atoms with E-state index in [-0.39, 0.29) is 5.43 Å². The lowest BCUT2D eigenvalue weighted by molar-refractivity contribution is 0.0339. The molecular formula is C19H26N2O3. The summed E-state index contributed by atoms with van der Waals surface area (Å²) in [7, 11) is 0. The maximum absolute atomic E-state index is 13.0. The van der Waals surface area contributed by atoms with Gasteiger partial charge in [0.25, 0.3) is 0 Å². The van der Waals surface area contributed by atoms with Crippen LogP contribution in [-0.2, 0) is 11.3 Å². The van der Waals surface area contributed by atoms with E-state index in [2.05, 4.69) is 23.7 Å². The molecule has 0 radical (unpaired) electrons. The minimum Gasteiger partial charge on any atom is -0.493 e. The van der Waals surface area contributed by atoms with Gasteiger partial charge in [0, 0.05) is 41.8 Å². The largest absolute Gasteiger partial charge is 0.493 e. The van der Waals surface area contributed by atoms with Crippen molar-refractivity contribution >= 4 is 10.9 Å². The summed E-state index contributed by atoms with van der Waals surface area (Å²) in [5, 5.41) is 0.699. The molecule has 0 unspecified atom stereocenters. The number of aromatic nitrogens is 1. The lowest BCUT2D eigenvalue weighted by Gasteiger charge is -2.26. The molecule has 1 aliphatic rings. The molecule has 0 spiro atoms. The maximum Gasteiger partial charge on any atom is 0.194 e. The van der Waals surface area contributed by atoms with Crippen molar-refractivity contribution in [2.24, 2.45) is 5.92 Å². The second-order valence-corrected chi connectivity index (χ2v) is 6.86. The quantitative estimate of drug-likeness (QED) is 0.916. The lowest BCUT2D eigenvalue weighted by atomic mass is 10.1. The van der Waals surface area contributed by atoms with Crippen molar-refractivity contribution in [3.05, 3.63) is 39.7 Å². The Morgan fingerprint density at radius 1 is 1.29 bits per heavy atom. The van der Waals surface area contributed by atoms with Gasteiger partial charge in [-0.15, -0.1) is 0 Å². The number of fused-ring (bicyclic) bond motifs is 1. The van der Waals surface area contributed by atoms with Crippen LogP contribution in [0.4, 0.5) is 0 Å². The second kappa shape index (κ2) is 7.36. The zero-order valence-corrected chi connectivity index (χ0v) is 14.7. The van der Waals surface area contributed by atoms with Gasteiger partial charge in [-0.05, 0) is 31.0 Å². The summed E-state index contributed by atoms with van der Waals surface area (Å²) < 4.78 is 11.2. The molecule has 130 valence electrons. The monoisotopic (exact) mass is 330 g/mol. The molecule has 2 heterocycles. The highest BCUT2D eigenvalue weighted by Gasteiger charge is 2.16. The Labute approximate surface area is 142 Å². The van der Waals surface area contributed by atoms with Crippen LogP contribution in [0.5, 0.6) is 5.75 Å². The number of benzene rings is 1. The van der Waals surface area contributed by atoms with Crippen LogP contribution in [-0.4, -0.2) is 42.8 Å². The van der Waals surface area contributed by atoms with Crippen molar-refractivity contribution in [1.82, 2.24) is 9.88 Å². The minimum atomic E-state index is 0.0998. The summed E-state index contributed by atoms with van der Waals surface area (Å²) >= 11 is 0. The van der Waals surface area contributed by atoms with E-state index in [4.69, 9.17) is 9.47 Å². The van der Waals surface area contributed by atoms with Crippen LogP contribution in [0.25, 0.3) is 10.9 Å². The third kappa shape index (κ3) is 3.79. The van der Waals surface area contributed by atoms with E-state index in [9.17, 15) is 4.79 Å². The standard InChI is InChI=1S/C19H26N2O3/c1-13(2)12-24-15-4-5-18-16(10-15)19(22)17(14(3)20-18)11-21-6-8-23-9-7-21/h4-5,10,13H,6-9,11-12H2,1-3H3,(H,20,22). The first-order valence-electron chi connectivity index (χ1n) is 8.63. The average molecular weight is 330 g/mol. The second-order valence-electron chi connectivity index (χ2n) is 6.86. The lowest BCUT2D eigenvalue weighted by Crippen LogP contribution is -2.37. The molecule has 5 heteroatoms. The van der Waals surface area contributed by atoms with Gasteiger partial charge in [0.1, 0.15) is 5.75 Å². The first kappa shape index (κ1) is 17.0. The normalized spacial score (nSPS) is 16.0. The molecule has 1 N–H and O–H groups in total. The number of H-pyrrole nitrogens is 1. The van der Waals surface area contributed by atoms with E-state index in [1.165, 1.54) is 0 Å². The van der Waals surface area contributed by atoms with Gasteiger partial charge in [-0.1, -0.05) is 13.8 Å². The first-order valence-corrected chi connectivity index (χ1v) is 8.63. The number of ether oxygens (including phenoxy) is 2. The SMILES string of the molecule is Cc1[nH]c2ccc(OCC(C)C)cc2c(=O)c1CN1CCOCC1. The fourth-order valence-electron chi connectivity index (χ4n) is 2.96. The molecule has 0 aliphatic carbocycles. The molecule has 1 aromatic heterocycles. The predicted molar refractivity (Wildman–Crippen MR) is 95.7 cm³/mol. The summed E-state index contributed by atoms with van der Waals surface area (Å²) in [6.07, 6.45) is 0. The van der Waals surface area contributed by atoms with Crippen LogP contribution in [0.1, 0.15) is 25.1 Å². The van der Waals surface area contributed by atoms with Gasteiger partial charge >= 0.3 is 0 Å². The topological polar surface area (TPSA) is 54.6 Å². The molecule has 0 atom stereocenters. The molecule has 0 amide bonds. The third-order valence-electron chi connectivity index (χ3n) is 4.35. The molecular weight excluding hydrogens is 304 g/mol. The zero-order valence-electron chi connectivity index (χ0n) is 14.7. The Morgan fingerprint density at radius 3 is 2.75 bits per heavy atom. The first-order chi connectivity index (χ1) is 11.5. The van der Waals surface area contributed by atoms with Crippen LogP contribution in [0.15, 0.2) is 23.0 Å². The van der Waals surface area contributed by atoms with E-state index >= 15 is 0 Å². The van der Waals surface area contributed by atoms with Gasteiger partial charge in [-0.2, -0.15) is 0 Å². The smallest absolute Gasteiger partial charge is 0.194 e. The van der Waals surface area contributed by atoms with Crippen molar-refractivity contribution in [2.45, 2.75) is 27.3 Å².